The number of pyridine rings is 1. The number of methoxy groups -OCH3 is 2. The Balaban J connectivity index is 1.77. The highest BCUT2D eigenvalue weighted by Crippen LogP contribution is 2.29. The number of fused-ring (bicyclic) bond motifs is 1. The fourth-order valence-electron chi connectivity index (χ4n) is 2.78. The Labute approximate surface area is 134 Å². The van der Waals surface area contributed by atoms with Gasteiger partial charge in [-0.3, -0.25) is 9.88 Å². The van der Waals surface area contributed by atoms with Crippen molar-refractivity contribution in [2.24, 2.45) is 0 Å². The van der Waals surface area contributed by atoms with Crippen molar-refractivity contribution < 1.29 is 19.4 Å². The second kappa shape index (κ2) is 6.26. The molecule has 1 N–H and O–H groups in total. The number of ether oxygens (including phenoxy) is 2. The Hall–Kier alpha value is -2.60. The van der Waals surface area contributed by atoms with Crippen LogP contribution in [0.4, 0.5) is 0 Å². The van der Waals surface area contributed by atoms with Crippen LogP contribution in [0, 0.1) is 0 Å². The Bertz CT molecular complexity index is 745. The third-order valence-corrected chi connectivity index (χ3v) is 3.96. The predicted octanol–water partition coefficient (Wildman–Crippen LogP) is 2.31. The van der Waals surface area contributed by atoms with Gasteiger partial charge in [0.1, 0.15) is 11.5 Å². The minimum atomic E-state index is -0.949. The number of rotatable bonds is 5. The molecule has 6 nitrogen and oxygen atoms in total. The van der Waals surface area contributed by atoms with Crippen LogP contribution in [0.15, 0.2) is 30.5 Å². The van der Waals surface area contributed by atoms with E-state index in [1.54, 1.807) is 20.3 Å². The highest BCUT2D eigenvalue weighted by Gasteiger charge is 2.22. The molecule has 1 aromatic carbocycles. The summed E-state index contributed by atoms with van der Waals surface area (Å²) in [7, 11) is 3.26. The maximum absolute atomic E-state index is 11.0. The molecule has 0 amide bonds. The molecule has 120 valence electrons. The number of benzene rings is 1. The number of hydrogen-bond acceptors (Lipinski definition) is 5. The van der Waals surface area contributed by atoms with Gasteiger partial charge in [0.05, 0.1) is 25.5 Å². The van der Waals surface area contributed by atoms with Gasteiger partial charge in [-0.15, -0.1) is 0 Å². The lowest BCUT2D eigenvalue weighted by atomic mass is 10.1. The Kier molecular flexibility index (Phi) is 4.16. The molecule has 0 saturated carbocycles. The maximum atomic E-state index is 11.0. The highest BCUT2D eigenvalue weighted by atomic mass is 16.5. The van der Waals surface area contributed by atoms with E-state index in [9.17, 15) is 4.79 Å². The summed E-state index contributed by atoms with van der Waals surface area (Å²) in [5.41, 5.74) is 3.19. The predicted molar refractivity (Wildman–Crippen MR) is 83.7 cm³/mol. The van der Waals surface area contributed by atoms with Crippen LogP contribution >= 0.6 is 0 Å². The van der Waals surface area contributed by atoms with Crippen LogP contribution in [0.1, 0.15) is 27.2 Å². The van der Waals surface area contributed by atoms with Gasteiger partial charge in [0.15, 0.2) is 0 Å². The van der Waals surface area contributed by atoms with E-state index in [1.807, 2.05) is 18.2 Å². The monoisotopic (exact) mass is 314 g/mol. The molecule has 1 aliphatic rings. The number of aromatic carboxylic acids is 1. The van der Waals surface area contributed by atoms with Gasteiger partial charge in [0.2, 0.25) is 0 Å². The van der Waals surface area contributed by atoms with E-state index in [1.165, 1.54) is 6.20 Å². The molecular weight excluding hydrogens is 296 g/mol. The summed E-state index contributed by atoms with van der Waals surface area (Å²) < 4.78 is 10.6. The molecule has 0 saturated heterocycles. The summed E-state index contributed by atoms with van der Waals surface area (Å²) in [6, 6.07) is 7.45. The minimum Gasteiger partial charge on any atom is -0.497 e. The lowest BCUT2D eigenvalue weighted by molar-refractivity contribution is 0.0696. The topological polar surface area (TPSA) is 71.9 Å². The summed E-state index contributed by atoms with van der Waals surface area (Å²) in [6.45, 7) is 2.08. The van der Waals surface area contributed by atoms with Gasteiger partial charge in [0, 0.05) is 37.5 Å². The first kappa shape index (κ1) is 15.3. The van der Waals surface area contributed by atoms with E-state index < -0.39 is 5.97 Å². The van der Waals surface area contributed by atoms with Crippen molar-refractivity contribution in [2.45, 2.75) is 19.6 Å². The molecule has 23 heavy (non-hydrogen) atoms. The molecule has 1 aliphatic heterocycles. The minimum absolute atomic E-state index is 0.229. The molecule has 0 atom stereocenters. The molecule has 2 aromatic rings. The van der Waals surface area contributed by atoms with Crippen molar-refractivity contribution in [1.29, 1.82) is 0 Å². The number of aromatic nitrogens is 1. The largest absolute Gasteiger partial charge is 0.497 e. The molecular formula is C17H18N2O4. The molecule has 3 rings (SSSR count). The van der Waals surface area contributed by atoms with E-state index in [-0.39, 0.29) is 5.56 Å². The quantitative estimate of drug-likeness (QED) is 0.913. The van der Waals surface area contributed by atoms with Crippen molar-refractivity contribution >= 4 is 5.97 Å². The summed E-state index contributed by atoms with van der Waals surface area (Å²) in [4.78, 5) is 17.5. The number of carboxylic acids is 1. The molecule has 0 radical (unpaired) electrons. The molecule has 1 aromatic heterocycles. The van der Waals surface area contributed by atoms with Crippen LogP contribution in [0.5, 0.6) is 11.5 Å². The standard InChI is InChI=1S/C17H18N2O4/c1-22-14-4-3-11(16(6-14)23-2)8-19-9-13-5-12(17(20)21)7-18-15(13)10-19/h3-7H,8-10H2,1-2H3,(H,20,21). The van der Waals surface area contributed by atoms with Crippen LogP contribution in [-0.4, -0.2) is 35.2 Å². The van der Waals surface area contributed by atoms with E-state index in [0.717, 1.165) is 28.3 Å². The average molecular weight is 314 g/mol. The average Bonchev–Trinajstić information content (AvgIpc) is 2.96. The third kappa shape index (κ3) is 3.12. The first-order valence-electron chi connectivity index (χ1n) is 7.25. The SMILES string of the molecule is COc1ccc(CN2Cc3cc(C(=O)O)cnc3C2)c(OC)c1. The zero-order chi connectivity index (χ0) is 16.4. The van der Waals surface area contributed by atoms with Crippen LogP contribution in [0.25, 0.3) is 0 Å². The molecule has 0 fully saturated rings. The van der Waals surface area contributed by atoms with Crippen LogP contribution in [0.3, 0.4) is 0 Å². The lowest BCUT2D eigenvalue weighted by Gasteiger charge is -2.17. The molecule has 2 heterocycles. The smallest absolute Gasteiger partial charge is 0.337 e. The second-order valence-electron chi connectivity index (χ2n) is 5.46. The Morgan fingerprint density at radius 2 is 2.09 bits per heavy atom. The van der Waals surface area contributed by atoms with Crippen LogP contribution < -0.4 is 9.47 Å². The molecule has 0 spiro atoms. The first-order chi connectivity index (χ1) is 11.1. The second-order valence-corrected chi connectivity index (χ2v) is 5.46. The van der Waals surface area contributed by atoms with Crippen molar-refractivity contribution in [1.82, 2.24) is 9.88 Å². The van der Waals surface area contributed by atoms with Crippen molar-refractivity contribution in [3.8, 4) is 11.5 Å². The Morgan fingerprint density at radius 1 is 1.26 bits per heavy atom. The maximum Gasteiger partial charge on any atom is 0.337 e. The summed E-state index contributed by atoms with van der Waals surface area (Å²) in [5, 5.41) is 9.05. The van der Waals surface area contributed by atoms with Gasteiger partial charge >= 0.3 is 5.97 Å². The van der Waals surface area contributed by atoms with Gasteiger partial charge in [-0.05, 0) is 17.7 Å². The molecule has 0 bridgehead atoms. The Morgan fingerprint density at radius 3 is 2.78 bits per heavy atom. The first-order valence-corrected chi connectivity index (χ1v) is 7.25. The third-order valence-electron chi connectivity index (χ3n) is 3.96. The summed E-state index contributed by atoms with van der Waals surface area (Å²) >= 11 is 0. The zero-order valence-electron chi connectivity index (χ0n) is 13.1. The molecule has 0 unspecified atom stereocenters. The van der Waals surface area contributed by atoms with Crippen molar-refractivity contribution in [3.63, 3.8) is 0 Å². The van der Waals surface area contributed by atoms with Crippen molar-refractivity contribution in [2.75, 3.05) is 14.2 Å². The zero-order valence-corrected chi connectivity index (χ0v) is 13.1. The normalized spacial score (nSPS) is 13.7. The van der Waals surface area contributed by atoms with E-state index in [0.29, 0.717) is 19.6 Å². The lowest BCUT2D eigenvalue weighted by Crippen LogP contribution is -2.16. The summed E-state index contributed by atoms with van der Waals surface area (Å²) in [5.74, 6) is 0.582. The number of carboxylic acid groups (broad SMARTS) is 1. The van der Waals surface area contributed by atoms with Gasteiger partial charge in [-0.1, -0.05) is 6.07 Å². The summed E-state index contributed by atoms with van der Waals surface area (Å²) in [6.07, 6.45) is 1.42. The highest BCUT2D eigenvalue weighted by molar-refractivity contribution is 5.87. The van der Waals surface area contributed by atoms with Gasteiger partial charge in [0.25, 0.3) is 0 Å². The molecule has 6 heteroatoms. The fraction of sp³-hybridized carbons (Fsp3) is 0.294. The van der Waals surface area contributed by atoms with Crippen LogP contribution in [-0.2, 0) is 19.6 Å². The fourth-order valence-corrected chi connectivity index (χ4v) is 2.78. The number of nitrogens with zero attached hydrogens (tertiary/aromatic N) is 2. The van der Waals surface area contributed by atoms with Crippen LogP contribution in [0.2, 0.25) is 0 Å². The number of hydrogen-bond donors (Lipinski definition) is 1. The number of carbonyl (C=O) groups is 1. The van der Waals surface area contributed by atoms with E-state index >= 15 is 0 Å². The molecule has 0 aliphatic carbocycles. The van der Waals surface area contributed by atoms with Gasteiger partial charge in [-0.2, -0.15) is 0 Å². The van der Waals surface area contributed by atoms with Crippen molar-refractivity contribution in [3.05, 3.63) is 52.8 Å². The van der Waals surface area contributed by atoms with E-state index in [2.05, 4.69) is 9.88 Å². The van der Waals surface area contributed by atoms with E-state index in [4.69, 9.17) is 14.6 Å². The van der Waals surface area contributed by atoms with Gasteiger partial charge in [-0.25, -0.2) is 4.79 Å². The van der Waals surface area contributed by atoms with Gasteiger partial charge < -0.3 is 14.6 Å².